The number of hydrogen-bond acceptors (Lipinski definition) is 4. The fourth-order valence-electron chi connectivity index (χ4n) is 1.58. The molecule has 1 saturated carbocycles. The molecule has 1 heterocycles. The van der Waals surface area contributed by atoms with Crippen LogP contribution in [0.2, 0.25) is 0 Å². The first-order valence-corrected chi connectivity index (χ1v) is 6.07. The van der Waals surface area contributed by atoms with Crippen molar-refractivity contribution >= 4 is 17.4 Å². The number of halogens is 1. The van der Waals surface area contributed by atoms with Crippen molar-refractivity contribution in [3.8, 4) is 5.88 Å². The van der Waals surface area contributed by atoms with Crippen LogP contribution in [0.5, 0.6) is 5.88 Å². The summed E-state index contributed by atoms with van der Waals surface area (Å²) in [5, 5.41) is 3.62. The van der Waals surface area contributed by atoms with Gasteiger partial charge in [0, 0.05) is 17.5 Å². The van der Waals surface area contributed by atoms with E-state index in [2.05, 4.69) is 22.2 Å². The third-order valence-corrected chi connectivity index (χ3v) is 2.88. The number of ether oxygens (including phenoxy) is 1. The standard InChI is InChI=1S/C11H16ClN3O/c1-2-3-16-11-6-10(13-7-14-11)15-9-4-8(12)5-9/h6-9H,2-5H2,1H3,(H,13,14,15). The molecule has 0 radical (unpaired) electrons. The SMILES string of the molecule is CCCOc1cc(NC2CC(Cl)C2)ncn1. The van der Waals surface area contributed by atoms with E-state index in [4.69, 9.17) is 16.3 Å². The quantitative estimate of drug-likeness (QED) is 0.805. The maximum absolute atomic E-state index is 5.91. The summed E-state index contributed by atoms with van der Waals surface area (Å²) in [7, 11) is 0. The maximum atomic E-state index is 5.91. The largest absolute Gasteiger partial charge is 0.478 e. The number of nitrogens with one attached hydrogen (secondary N) is 1. The van der Waals surface area contributed by atoms with Gasteiger partial charge in [0.2, 0.25) is 5.88 Å². The molecule has 1 aromatic rings. The zero-order chi connectivity index (χ0) is 11.4. The molecule has 0 bridgehead atoms. The number of alkyl halides is 1. The van der Waals surface area contributed by atoms with Crippen LogP contribution in [0.3, 0.4) is 0 Å². The molecular weight excluding hydrogens is 226 g/mol. The van der Waals surface area contributed by atoms with Gasteiger partial charge in [-0.15, -0.1) is 11.6 Å². The second kappa shape index (κ2) is 5.34. The Morgan fingerprint density at radius 2 is 2.31 bits per heavy atom. The summed E-state index contributed by atoms with van der Waals surface area (Å²) in [5.41, 5.74) is 0. The third kappa shape index (κ3) is 2.98. The normalized spacial score (nSPS) is 23.6. The van der Waals surface area contributed by atoms with Gasteiger partial charge in [-0.3, -0.25) is 0 Å². The van der Waals surface area contributed by atoms with Crippen molar-refractivity contribution < 1.29 is 4.74 Å². The first-order valence-electron chi connectivity index (χ1n) is 5.63. The van der Waals surface area contributed by atoms with Gasteiger partial charge in [-0.25, -0.2) is 9.97 Å². The number of aromatic nitrogens is 2. The Morgan fingerprint density at radius 3 is 3.00 bits per heavy atom. The molecule has 0 aromatic carbocycles. The minimum Gasteiger partial charge on any atom is -0.478 e. The zero-order valence-electron chi connectivity index (χ0n) is 9.32. The summed E-state index contributed by atoms with van der Waals surface area (Å²) in [6.07, 6.45) is 4.49. The summed E-state index contributed by atoms with van der Waals surface area (Å²) in [6.45, 7) is 2.75. The minimum atomic E-state index is 0.315. The highest BCUT2D eigenvalue weighted by molar-refractivity contribution is 6.21. The molecule has 5 heteroatoms. The van der Waals surface area contributed by atoms with Crippen LogP contribution in [-0.4, -0.2) is 28.0 Å². The van der Waals surface area contributed by atoms with Crippen molar-refractivity contribution in [3.63, 3.8) is 0 Å². The summed E-state index contributed by atoms with van der Waals surface area (Å²) >= 11 is 5.91. The van der Waals surface area contributed by atoms with Gasteiger partial charge in [-0.05, 0) is 19.3 Å². The number of hydrogen-bond donors (Lipinski definition) is 1. The van der Waals surface area contributed by atoms with Gasteiger partial charge in [-0.2, -0.15) is 0 Å². The van der Waals surface area contributed by atoms with E-state index in [1.807, 2.05) is 6.07 Å². The predicted molar refractivity (Wildman–Crippen MR) is 64.1 cm³/mol. The summed E-state index contributed by atoms with van der Waals surface area (Å²) in [4.78, 5) is 8.19. The average Bonchev–Trinajstić information content (AvgIpc) is 2.25. The minimum absolute atomic E-state index is 0.315. The average molecular weight is 242 g/mol. The van der Waals surface area contributed by atoms with Crippen LogP contribution in [0.25, 0.3) is 0 Å². The molecule has 4 nitrogen and oxygen atoms in total. The van der Waals surface area contributed by atoms with Crippen LogP contribution in [0.1, 0.15) is 26.2 Å². The Kier molecular flexibility index (Phi) is 3.83. The predicted octanol–water partition coefficient (Wildman–Crippen LogP) is 2.45. The van der Waals surface area contributed by atoms with Gasteiger partial charge in [0.05, 0.1) is 6.61 Å². The number of anilines is 1. The topological polar surface area (TPSA) is 47.0 Å². The summed E-state index contributed by atoms with van der Waals surface area (Å²) < 4.78 is 5.43. The lowest BCUT2D eigenvalue weighted by atomic mass is 9.92. The number of rotatable bonds is 5. The smallest absolute Gasteiger partial charge is 0.218 e. The zero-order valence-corrected chi connectivity index (χ0v) is 10.1. The molecule has 0 saturated heterocycles. The molecule has 0 spiro atoms. The molecule has 0 atom stereocenters. The monoisotopic (exact) mass is 241 g/mol. The lowest BCUT2D eigenvalue weighted by Gasteiger charge is -2.31. The van der Waals surface area contributed by atoms with E-state index in [1.165, 1.54) is 6.33 Å². The Hall–Kier alpha value is -1.03. The lowest BCUT2D eigenvalue weighted by molar-refractivity contribution is 0.304. The second-order valence-corrected chi connectivity index (χ2v) is 4.62. The number of nitrogens with zero attached hydrogens (tertiary/aromatic N) is 2. The Morgan fingerprint density at radius 1 is 1.50 bits per heavy atom. The van der Waals surface area contributed by atoms with Gasteiger partial charge < -0.3 is 10.1 Å². The first-order chi connectivity index (χ1) is 7.78. The van der Waals surface area contributed by atoms with E-state index in [0.717, 1.165) is 25.1 Å². The first kappa shape index (κ1) is 11.5. The summed E-state index contributed by atoms with van der Waals surface area (Å²) in [5.74, 6) is 1.44. The van der Waals surface area contributed by atoms with Crippen molar-refractivity contribution in [2.75, 3.05) is 11.9 Å². The van der Waals surface area contributed by atoms with E-state index < -0.39 is 0 Å². The maximum Gasteiger partial charge on any atom is 0.218 e. The fraction of sp³-hybridized carbons (Fsp3) is 0.636. The van der Waals surface area contributed by atoms with Crippen LogP contribution >= 0.6 is 11.6 Å². The molecule has 1 fully saturated rings. The van der Waals surface area contributed by atoms with Crippen molar-refractivity contribution in [1.82, 2.24) is 9.97 Å². The molecule has 1 N–H and O–H groups in total. The van der Waals surface area contributed by atoms with Crippen LogP contribution < -0.4 is 10.1 Å². The van der Waals surface area contributed by atoms with Gasteiger partial charge in [0.15, 0.2) is 0 Å². The molecule has 0 unspecified atom stereocenters. The lowest BCUT2D eigenvalue weighted by Crippen LogP contribution is -2.36. The third-order valence-electron chi connectivity index (χ3n) is 2.53. The Bertz CT molecular complexity index is 342. The molecule has 1 aliphatic rings. The van der Waals surface area contributed by atoms with Crippen molar-refractivity contribution in [2.45, 2.75) is 37.6 Å². The molecular formula is C11H16ClN3O. The molecule has 88 valence electrons. The molecule has 1 aliphatic carbocycles. The molecule has 16 heavy (non-hydrogen) atoms. The van der Waals surface area contributed by atoms with Crippen LogP contribution in [0.15, 0.2) is 12.4 Å². The van der Waals surface area contributed by atoms with E-state index in [-0.39, 0.29) is 0 Å². The van der Waals surface area contributed by atoms with Crippen molar-refractivity contribution in [2.24, 2.45) is 0 Å². The molecule has 1 aromatic heterocycles. The second-order valence-electron chi connectivity index (χ2n) is 4.00. The highest BCUT2D eigenvalue weighted by Crippen LogP contribution is 2.28. The van der Waals surface area contributed by atoms with Gasteiger partial charge >= 0.3 is 0 Å². The van der Waals surface area contributed by atoms with Crippen LogP contribution in [0, 0.1) is 0 Å². The summed E-state index contributed by atoms with van der Waals surface area (Å²) in [6, 6.07) is 2.27. The fourth-order valence-corrected chi connectivity index (χ4v) is 2.01. The van der Waals surface area contributed by atoms with E-state index in [9.17, 15) is 0 Å². The van der Waals surface area contributed by atoms with Crippen LogP contribution in [0.4, 0.5) is 5.82 Å². The Balaban J connectivity index is 1.88. The highest BCUT2D eigenvalue weighted by atomic mass is 35.5. The molecule has 0 amide bonds. The van der Waals surface area contributed by atoms with Gasteiger partial charge in [0.25, 0.3) is 0 Å². The van der Waals surface area contributed by atoms with Crippen molar-refractivity contribution in [3.05, 3.63) is 12.4 Å². The van der Waals surface area contributed by atoms with Gasteiger partial charge in [-0.1, -0.05) is 6.92 Å². The van der Waals surface area contributed by atoms with E-state index >= 15 is 0 Å². The van der Waals surface area contributed by atoms with Gasteiger partial charge in [0.1, 0.15) is 12.1 Å². The molecule has 2 rings (SSSR count). The highest BCUT2D eigenvalue weighted by Gasteiger charge is 2.27. The van der Waals surface area contributed by atoms with Crippen LogP contribution in [-0.2, 0) is 0 Å². The van der Waals surface area contributed by atoms with Crippen molar-refractivity contribution in [1.29, 1.82) is 0 Å². The molecule has 0 aliphatic heterocycles. The van der Waals surface area contributed by atoms with E-state index in [0.29, 0.717) is 23.9 Å². The van der Waals surface area contributed by atoms with E-state index in [1.54, 1.807) is 0 Å². The Labute approximate surface area is 100 Å².